The predicted octanol–water partition coefficient (Wildman–Crippen LogP) is 4.48. The molecule has 3 rings (SSSR count). The van der Waals surface area contributed by atoms with Crippen LogP contribution in [-0.4, -0.2) is 18.0 Å². The molecule has 3 aromatic rings. The third kappa shape index (κ3) is 3.41. The molecule has 5 nitrogen and oxygen atoms in total. The molecule has 0 aliphatic rings. The van der Waals surface area contributed by atoms with Gasteiger partial charge in [0.25, 0.3) is 5.91 Å². The van der Waals surface area contributed by atoms with Gasteiger partial charge in [0, 0.05) is 10.0 Å². The maximum atomic E-state index is 12.1. The molecule has 8 heteroatoms. The highest BCUT2D eigenvalue weighted by atomic mass is 79.9. The van der Waals surface area contributed by atoms with E-state index in [4.69, 9.17) is 16.3 Å². The first-order valence-electron chi connectivity index (χ1n) is 6.53. The van der Waals surface area contributed by atoms with E-state index in [1.807, 2.05) is 0 Å². The molecule has 0 aliphatic heterocycles. The molecule has 0 atom stereocenters. The van der Waals surface area contributed by atoms with Crippen LogP contribution in [0.15, 0.2) is 40.9 Å². The predicted molar refractivity (Wildman–Crippen MR) is 96.4 cm³/mol. The molecule has 1 amide bonds. The number of halogens is 2. The number of rotatable bonds is 4. The number of nitrogens with one attached hydrogen (secondary N) is 2. The van der Waals surface area contributed by atoms with E-state index in [1.165, 1.54) is 11.3 Å². The van der Waals surface area contributed by atoms with Gasteiger partial charge in [0.1, 0.15) is 11.3 Å². The van der Waals surface area contributed by atoms with Crippen molar-refractivity contribution in [3.63, 3.8) is 0 Å². The van der Waals surface area contributed by atoms with Crippen molar-refractivity contribution in [3.8, 4) is 5.75 Å². The average molecular weight is 413 g/mol. The number of benzene rings is 2. The summed E-state index contributed by atoms with van der Waals surface area (Å²) < 4.78 is 6.98. The number of hydrogen-bond donors (Lipinski definition) is 2. The second kappa shape index (κ2) is 6.74. The maximum Gasteiger partial charge on any atom is 0.269 e. The van der Waals surface area contributed by atoms with Gasteiger partial charge in [-0.2, -0.15) is 0 Å². The number of hydrogen-bond acceptors (Lipinski definition) is 5. The fraction of sp³-hybridized carbons (Fsp3) is 0.0667. The highest BCUT2D eigenvalue weighted by molar-refractivity contribution is 9.10. The Bertz CT molecular complexity index is 867. The van der Waals surface area contributed by atoms with E-state index < -0.39 is 0 Å². The lowest BCUT2D eigenvalue weighted by molar-refractivity contribution is 0.0962. The van der Waals surface area contributed by atoms with Gasteiger partial charge in [0.15, 0.2) is 0 Å². The van der Waals surface area contributed by atoms with Crippen LogP contribution >= 0.6 is 38.9 Å². The first kappa shape index (κ1) is 16.0. The third-order valence-corrected chi connectivity index (χ3v) is 5.03. The second-order valence-corrected chi connectivity index (χ2v) is 6.85. The van der Waals surface area contributed by atoms with Crippen molar-refractivity contribution in [2.45, 2.75) is 0 Å². The molecule has 0 spiro atoms. The highest BCUT2D eigenvalue weighted by Crippen LogP contribution is 2.37. The third-order valence-electron chi connectivity index (χ3n) is 3.07. The molecule has 118 valence electrons. The quantitative estimate of drug-likeness (QED) is 0.620. The van der Waals surface area contributed by atoms with E-state index in [0.29, 0.717) is 27.0 Å². The van der Waals surface area contributed by atoms with Crippen LogP contribution in [0.25, 0.3) is 10.2 Å². The molecule has 2 N–H and O–H groups in total. The van der Waals surface area contributed by atoms with Crippen LogP contribution in [-0.2, 0) is 0 Å². The average Bonchev–Trinajstić information content (AvgIpc) is 2.99. The van der Waals surface area contributed by atoms with Gasteiger partial charge in [0.2, 0.25) is 5.13 Å². The van der Waals surface area contributed by atoms with Gasteiger partial charge in [-0.05, 0) is 36.4 Å². The Kier molecular flexibility index (Phi) is 4.70. The number of amides is 1. The lowest BCUT2D eigenvalue weighted by Crippen LogP contribution is -2.29. The van der Waals surface area contributed by atoms with Crippen molar-refractivity contribution in [1.29, 1.82) is 0 Å². The Balaban J connectivity index is 1.78. The zero-order valence-corrected chi connectivity index (χ0v) is 15.1. The van der Waals surface area contributed by atoms with Crippen molar-refractivity contribution in [3.05, 3.63) is 51.5 Å². The van der Waals surface area contributed by atoms with Gasteiger partial charge in [-0.15, -0.1) is 0 Å². The van der Waals surface area contributed by atoms with Crippen LogP contribution in [0.1, 0.15) is 10.4 Å². The number of ether oxygens (including phenoxy) is 1. The SMILES string of the molecule is COc1ccc(Cl)c2sc(NNC(=O)c3ccc(Br)cc3)nc12. The number of nitrogens with zero attached hydrogens (tertiary/aromatic N) is 1. The fourth-order valence-electron chi connectivity index (χ4n) is 1.95. The molecule has 0 bridgehead atoms. The van der Waals surface area contributed by atoms with Crippen molar-refractivity contribution in [2.24, 2.45) is 0 Å². The summed E-state index contributed by atoms with van der Waals surface area (Å²) in [5.41, 5.74) is 6.62. The zero-order valence-electron chi connectivity index (χ0n) is 11.9. The molecular weight excluding hydrogens is 402 g/mol. The standard InChI is InChI=1S/C15H11BrClN3O2S/c1-22-11-7-6-10(17)13-12(11)18-15(23-13)20-19-14(21)8-2-4-9(16)5-3-8/h2-7H,1H3,(H,18,20)(H,19,21). The Labute approximate surface area is 149 Å². The lowest BCUT2D eigenvalue weighted by Gasteiger charge is -2.05. The van der Waals surface area contributed by atoms with Crippen LogP contribution < -0.4 is 15.6 Å². The molecule has 0 unspecified atom stereocenters. The van der Waals surface area contributed by atoms with Gasteiger partial charge < -0.3 is 4.74 Å². The molecule has 0 saturated heterocycles. The fourth-order valence-corrected chi connectivity index (χ4v) is 3.33. The van der Waals surface area contributed by atoms with Crippen LogP contribution in [0.4, 0.5) is 5.13 Å². The second-order valence-electron chi connectivity index (χ2n) is 4.53. The maximum absolute atomic E-state index is 12.1. The molecule has 0 saturated carbocycles. The van der Waals surface area contributed by atoms with Crippen LogP contribution in [0.2, 0.25) is 5.02 Å². The number of anilines is 1. The smallest absolute Gasteiger partial charge is 0.269 e. The monoisotopic (exact) mass is 411 g/mol. The minimum atomic E-state index is -0.255. The molecule has 1 aromatic heterocycles. The topological polar surface area (TPSA) is 63.2 Å². The highest BCUT2D eigenvalue weighted by Gasteiger charge is 2.13. The van der Waals surface area contributed by atoms with E-state index in [0.717, 1.165) is 9.17 Å². The molecule has 0 aliphatic carbocycles. The zero-order chi connectivity index (χ0) is 16.4. The lowest BCUT2D eigenvalue weighted by atomic mass is 10.2. The van der Waals surface area contributed by atoms with Gasteiger partial charge in [-0.25, -0.2) is 4.98 Å². The molecule has 2 aromatic carbocycles. The number of methoxy groups -OCH3 is 1. The molecule has 23 heavy (non-hydrogen) atoms. The summed E-state index contributed by atoms with van der Waals surface area (Å²) in [4.78, 5) is 16.5. The van der Waals surface area contributed by atoms with Crippen molar-refractivity contribution in [1.82, 2.24) is 10.4 Å². The van der Waals surface area contributed by atoms with Crippen LogP contribution in [0.5, 0.6) is 5.75 Å². The van der Waals surface area contributed by atoms with Gasteiger partial charge >= 0.3 is 0 Å². The van der Waals surface area contributed by atoms with E-state index in [9.17, 15) is 4.79 Å². The summed E-state index contributed by atoms with van der Waals surface area (Å²) in [5.74, 6) is 0.378. The molecular formula is C15H11BrClN3O2S. The summed E-state index contributed by atoms with van der Waals surface area (Å²) in [6.07, 6.45) is 0. The number of fused-ring (bicyclic) bond motifs is 1. The minimum Gasteiger partial charge on any atom is -0.494 e. The van der Waals surface area contributed by atoms with E-state index in [-0.39, 0.29) is 5.91 Å². The summed E-state index contributed by atoms with van der Waals surface area (Å²) in [6.45, 7) is 0. The van der Waals surface area contributed by atoms with E-state index in [1.54, 1.807) is 43.5 Å². The van der Waals surface area contributed by atoms with Crippen LogP contribution in [0.3, 0.4) is 0 Å². The first-order valence-corrected chi connectivity index (χ1v) is 8.52. The number of hydrazine groups is 1. The Hall–Kier alpha value is -1.83. The van der Waals surface area contributed by atoms with E-state index in [2.05, 4.69) is 31.8 Å². The number of carbonyl (C=O) groups is 1. The van der Waals surface area contributed by atoms with Crippen LogP contribution in [0, 0.1) is 0 Å². The first-order chi connectivity index (χ1) is 11.1. The van der Waals surface area contributed by atoms with Gasteiger partial charge in [-0.3, -0.25) is 15.6 Å². The van der Waals surface area contributed by atoms with Crippen molar-refractivity contribution in [2.75, 3.05) is 12.5 Å². The summed E-state index contributed by atoms with van der Waals surface area (Å²) in [7, 11) is 1.57. The largest absolute Gasteiger partial charge is 0.494 e. The Morgan fingerprint density at radius 1 is 1.26 bits per heavy atom. The number of thiazole rings is 1. The summed E-state index contributed by atoms with van der Waals surface area (Å²) in [6, 6.07) is 10.6. The van der Waals surface area contributed by atoms with E-state index >= 15 is 0 Å². The van der Waals surface area contributed by atoms with Crippen molar-refractivity contribution < 1.29 is 9.53 Å². The number of aromatic nitrogens is 1. The molecule has 1 heterocycles. The summed E-state index contributed by atoms with van der Waals surface area (Å²) in [5, 5.41) is 1.11. The number of carbonyl (C=O) groups excluding carboxylic acids is 1. The van der Waals surface area contributed by atoms with Gasteiger partial charge in [-0.1, -0.05) is 38.9 Å². The molecule has 0 fully saturated rings. The Morgan fingerprint density at radius 3 is 2.70 bits per heavy atom. The normalized spacial score (nSPS) is 10.6. The molecule has 0 radical (unpaired) electrons. The summed E-state index contributed by atoms with van der Waals surface area (Å²) >= 11 is 10.8. The van der Waals surface area contributed by atoms with Crippen molar-refractivity contribution >= 4 is 60.1 Å². The minimum absolute atomic E-state index is 0.255. The Morgan fingerprint density at radius 2 is 2.00 bits per heavy atom. The van der Waals surface area contributed by atoms with Gasteiger partial charge in [0.05, 0.1) is 16.8 Å².